The minimum absolute atomic E-state index is 0.188. The highest BCUT2D eigenvalue weighted by atomic mass is 79.9. The Morgan fingerprint density at radius 1 is 1.35 bits per heavy atom. The van der Waals surface area contributed by atoms with Gasteiger partial charge in [-0.25, -0.2) is 9.78 Å². The third kappa shape index (κ3) is 2.97. The third-order valence-electron chi connectivity index (χ3n) is 4.45. The van der Waals surface area contributed by atoms with Crippen molar-refractivity contribution in [2.45, 2.75) is 38.6 Å². The summed E-state index contributed by atoms with van der Waals surface area (Å²) in [6, 6.07) is 1.46. The van der Waals surface area contributed by atoms with Gasteiger partial charge in [-0.3, -0.25) is 4.79 Å². The van der Waals surface area contributed by atoms with Crippen molar-refractivity contribution >= 4 is 32.8 Å². The average Bonchev–Trinajstić information content (AvgIpc) is 2.53. The monoisotopic (exact) mass is 380 g/mol. The molecule has 0 aliphatic heterocycles. The number of carboxylic acids is 1. The molecule has 1 fully saturated rings. The normalized spacial score (nSPS) is 15.9. The second-order valence-corrected chi connectivity index (χ2v) is 6.83. The van der Waals surface area contributed by atoms with E-state index in [4.69, 9.17) is 5.11 Å². The van der Waals surface area contributed by atoms with Crippen molar-refractivity contribution in [3.8, 4) is 5.75 Å². The lowest BCUT2D eigenvalue weighted by Gasteiger charge is -2.23. The van der Waals surface area contributed by atoms with Gasteiger partial charge in [0.05, 0.1) is 16.2 Å². The van der Waals surface area contributed by atoms with Gasteiger partial charge in [-0.2, -0.15) is 0 Å². The van der Waals surface area contributed by atoms with E-state index in [-0.39, 0.29) is 5.56 Å². The van der Waals surface area contributed by atoms with Crippen molar-refractivity contribution in [3.63, 3.8) is 0 Å². The molecule has 0 atom stereocenters. The molecule has 2 N–H and O–H groups in total. The summed E-state index contributed by atoms with van der Waals surface area (Å²) in [7, 11) is 0. The van der Waals surface area contributed by atoms with Crippen molar-refractivity contribution in [2.24, 2.45) is 5.92 Å². The molecule has 0 aromatic carbocycles. The molecule has 1 aliphatic carbocycles. The van der Waals surface area contributed by atoms with Crippen LogP contribution in [-0.2, 0) is 6.54 Å². The summed E-state index contributed by atoms with van der Waals surface area (Å²) < 4.78 is 1.90. The summed E-state index contributed by atoms with van der Waals surface area (Å²) in [5.41, 5.74) is -0.133. The molecule has 2 aromatic rings. The Morgan fingerprint density at radius 2 is 2.04 bits per heavy atom. The fourth-order valence-electron chi connectivity index (χ4n) is 3.26. The van der Waals surface area contributed by atoms with Crippen LogP contribution in [0.5, 0.6) is 5.75 Å². The first kappa shape index (κ1) is 16.0. The lowest BCUT2D eigenvalue weighted by molar-refractivity contribution is 0.0687. The minimum Gasteiger partial charge on any atom is -0.505 e. The van der Waals surface area contributed by atoms with E-state index in [1.165, 1.54) is 18.7 Å². The van der Waals surface area contributed by atoms with Crippen LogP contribution in [0.2, 0.25) is 0 Å². The van der Waals surface area contributed by atoms with Crippen LogP contribution in [0.15, 0.2) is 21.5 Å². The molecule has 0 spiro atoms. The number of hydrogen-bond acceptors (Lipinski definition) is 4. The molecular formula is C16H17BrN2O4. The summed E-state index contributed by atoms with van der Waals surface area (Å²) in [5.74, 6) is -1.29. The Labute approximate surface area is 140 Å². The first-order valence-electron chi connectivity index (χ1n) is 7.63. The Bertz CT molecular complexity index is 825. The summed E-state index contributed by atoms with van der Waals surface area (Å²) in [6.07, 6.45) is 7.07. The fourth-order valence-corrected chi connectivity index (χ4v) is 3.70. The SMILES string of the molecule is O=C(O)c1ncc2c(cc(Br)c(=O)n2CC2CCCCC2)c1O. The minimum atomic E-state index is -1.30. The van der Waals surface area contributed by atoms with E-state index in [1.807, 2.05) is 0 Å². The number of pyridine rings is 2. The Hall–Kier alpha value is -1.89. The van der Waals surface area contributed by atoms with Crippen LogP contribution in [0, 0.1) is 5.92 Å². The number of carbonyl (C=O) groups is 1. The van der Waals surface area contributed by atoms with Crippen molar-refractivity contribution in [2.75, 3.05) is 0 Å². The quantitative estimate of drug-likeness (QED) is 0.852. The molecule has 0 amide bonds. The van der Waals surface area contributed by atoms with Gasteiger partial charge in [-0.1, -0.05) is 19.3 Å². The van der Waals surface area contributed by atoms with Crippen LogP contribution >= 0.6 is 15.9 Å². The molecule has 0 radical (unpaired) electrons. The van der Waals surface area contributed by atoms with Crippen LogP contribution in [0.4, 0.5) is 0 Å². The molecule has 23 heavy (non-hydrogen) atoms. The van der Waals surface area contributed by atoms with E-state index in [1.54, 1.807) is 4.57 Å². The molecule has 2 heterocycles. The molecule has 2 aromatic heterocycles. The molecule has 6 nitrogen and oxygen atoms in total. The second kappa shape index (κ2) is 6.31. The van der Waals surface area contributed by atoms with Gasteiger partial charge in [0, 0.05) is 11.9 Å². The predicted molar refractivity (Wildman–Crippen MR) is 88.9 cm³/mol. The van der Waals surface area contributed by atoms with Gasteiger partial charge in [0.25, 0.3) is 5.56 Å². The molecule has 0 saturated heterocycles. The van der Waals surface area contributed by atoms with E-state index in [9.17, 15) is 14.7 Å². The first-order valence-corrected chi connectivity index (χ1v) is 8.42. The molecule has 0 bridgehead atoms. The topological polar surface area (TPSA) is 92.4 Å². The van der Waals surface area contributed by atoms with Crippen LogP contribution < -0.4 is 5.56 Å². The molecule has 3 rings (SSSR count). The zero-order chi connectivity index (χ0) is 16.6. The van der Waals surface area contributed by atoms with Crippen molar-refractivity contribution in [1.29, 1.82) is 0 Å². The fraction of sp³-hybridized carbons (Fsp3) is 0.438. The largest absolute Gasteiger partial charge is 0.505 e. The van der Waals surface area contributed by atoms with Crippen LogP contribution in [0.3, 0.4) is 0 Å². The summed E-state index contributed by atoms with van der Waals surface area (Å²) in [4.78, 5) is 27.4. The zero-order valence-corrected chi connectivity index (χ0v) is 14.0. The number of aromatic carboxylic acids is 1. The maximum Gasteiger partial charge on any atom is 0.358 e. The highest BCUT2D eigenvalue weighted by Crippen LogP contribution is 2.30. The molecule has 7 heteroatoms. The number of aromatic hydroxyl groups is 1. The molecule has 1 aliphatic rings. The van der Waals surface area contributed by atoms with Crippen LogP contribution in [0.25, 0.3) is 10.9 Å². The highest BCUT2D eigenvalue weighted by Gasteiger charge is 2.21. The summed E-state index contributed by atoms with van der Waals surface area (Å²) >= 11 is 3.22. The first-order chi connectivity index (χ1) is 11.0. The number of hydrogen-bond donors (Lipinski definition) is 2. The van der Waals surface area contributed by atoms with Crippen molar-refractivity contribution in [3.05, 3.63) is 32.8 Å². The lowest BCUT2D eigenvalue weighted by atomic mass is 9.89. The van der Waals surface area contributed by atoms with E-state index in [0.717, 1.165) is 25.7 Å². The summed E-state index contributed by atoms with van der Waals surface area (Å²) in [6.45, 7) is 0.558. The second-order valence-electron chi connectivity index (χ2n) is 5.97. The van der Waals surface area contributed by atoms with E-state index in [2.05, 4.69) is 20.9 Å². The number of rotatable bonds is 3. The number of carboxylic acid groups (broad SMARTS) is 1. The highest BCUT2D eigenvalue weighted by molar-refractivity contribution is 9.10. The van der Waals surface area contributed by atoms with Crippen LogP contribution in [-0.4, -0.2) is 25.7 Å². The predicted octanol–water partition coefficient (Wildman–Crippen LogP) is 3.14. The van der Waals surface area contributed by atoms with Gasteiger partial charge < -0.3 is 14.8 Å². The third-order valence-corrected chi connectivity index (χ3v) is 5.02. The van der Waals surface area contributed by atoms with E-state index in [0.29, 0.717) is 27.8 Å². The Morgan fingerprint density at radius 3 is 2.70 bits per heavy atom. The number of halogens is 1. The Kier molecular flexibility index (Phi) is 4.39. The average molecular weight is 381 g/mol. The van der Waals surface area contributed by atoms with Gasteiger partial charge in [0.1, 0.15) is 0 Å². The van der Waals surface area contributed by atoms with E-state index >= 15 is 0 Å². The van der Waals surface area contributed by atoms with Crippen molar-refractivity contribution < 1.29 is 15.0 Å². The number of aromatic nitrogens is 2. The Balaban J connectivity index is 2.15. The van der Waals surface area contributed by atoms with Gasteiger partial charge in [0.15, 0.2) is 11.4 Å². The molecule has 0 unspecified atom stereocenters. The number of nitrogens with zero attached hydrogens (tertiary/aromatic N) is 2. The van der Waals surface area contributed by atoms with E-state index < -0.39 is 17.4 Å². The number of fused-ring (bicyclic) bond motifs is 1. The molecule has 1 saturated carbocycles. The summed E-state index contributed by atoms with van der Waals surface area (Å²) in [5, 5.41) is 19.6. The van der Waals surface area contributed by atoms with Crippen LogP contribution in [0.1, 0.15) is 42.6 Å². The zero-order valence-electron chi connectivity index (χ0n) is 12.5. The smallest absolute Gasteiger partial charge is 0.358 e. The molecular weight excluding hydrogens is 364 g/mol. The van der Waals surface area contributed by atoms with Gasteiger partial charge in [0.2, 0.25) is 0 Å². The van der Waals surface area contributed by atoms with Gasteiger partial charge in [-0.15, -0.1) is 0 Å². The van der Waals surface area contributed by atoms with Crippen molar-refractivity contribution in [1.82, 2.24) is 9.55 Å². The lowest BCUT2D eigenvalue weighted by Crippen LogP contribution is -2.26. The van der Waals surface area contributed by atoms with Gasteiger partial charge >= 0.3 is 5.97 Å². The molecule has 122 valence electrons. The maximum atomic E-state index is 12.5. The standard InChI is InChI=1S/C16H17BrN2O4/c17-11-6-10-12(7-18-13(14(10)20)16(22)23)19(15(11)21)8-9-4-2-1-3-5-9/h6-7,9,20H,1-5,8H2,(H,22,23). The maximum absolute atomic E-state index is 12.5. The van der Waals surface area contributed by atoms with Gasteiger partial charge in [-0.05, 0) is 40.8 Å².